The Morgan fingerprint density at radius 1 is 1.21 bits per heavy atom. The topological polar surface area (TPSA) is 25.8 Å². The van der Waals surface area contributed by atoms with Crippen molar-refractivity contribution in [3.05, 3.63) is 46.2 Å². The first-order chi connectivity index (χ1) is 6.77. The first-order valence-corrected chi connectivity index (χ1v) is 5.06. The maximum Gasteiger partial charge on any atom is 0.150 e. The van der Waals surface area contributed by atoms with Crippen molar-refractivity contribution in [1.82, 2.24) is 9.97 Å². The summed E-state index contributed by atoms with van der Waals surface area (Å²) in [7, 11) is 0. The number of pyridine rings is 2. The Labute approximate surface area is 94.4 Å². The molecule has 0 N–H and O–H groups in total. The summed E-state index contributed by atoms with van der Waals surface area (Å²) in [5, 5.41) is 0. The number of hydrogen-bond donors (Lipinski definition) is 0. The van der Waals surface area contributed by atoms with Gasteiger partial charge in [-0.05, 0) is 40.8 Å². The van der Waals surface area contributed by atoms with E-state index in [1.54, 1.807) is 30.7 Å². The van der Waals surface area contributed by atoms with E-state index in [0.717, 1.165) is 9.13 Å². The minimum atomic E-state index is -0.303. The van der Waals surface area contributed by atoms with Crippen molar-refractivity contribution in [2.45, 2.75) is 0 Å². The van der Waals surface area contributed by atoms with E-state index in [1.165, 1.54) is 6.07 Å². The Kier molecular flexibility index (Phi) is 2.72. The van der Waals surface area contributed by atoms with Gasteiger partial charge in [-0.2, -0.15) is 0 Å². The monoisotopic (exact) mass is 300 g/mol. The highest BCUT2D eigenvalue weighted by molar-refractivity contribution is 14.1. The molecule has 0 aliphatic rings. The van der Waals surface area contributed by atoms with E-state index in [1.807, 2.05) is 22.6 Å². The molecule has 70 valence electrons. The number of halogens is 2. The summed E-state index contributed by atoms with van der Waals surface area (Å²) in [5.41, 5.74) is 1.11. The van der Waals surface area contributed by atoms with Crippen LogP contribution in [0.5, 0.6) is 0 Å². The predicted octanol–water partition coefficient (Wildman–Crippen LogP) is 2.89. The molecular formula is C10H6FIN2. The molecule has 0 bridgehead atoms. The van der Waals surface area contributed by atoms with Crippen LogP contribution >= 0.6 is 22.6 Å². The summed E-state index contributed by atoms with van der Waals surface area (Å²) >= 11 is 2.03. The van der Waals surface area contributed by atoms with E-state index in [-0.39, 0.29) is 5.82 Å². The van der Waals surface area contributed by atoms with Crippen molar-refractivity contribution < 1.29 is 4.39 Å². The molecule has 14 heavy (non-hydrogen) atoms. The highest BCUT2D eigenvalue weighted by atomic mass is 127. The summed E-state index contributed by atoms with van der Waals surface area (Å²) in [6.45, 7) is 0. The standard InChI is InChI=1S/C10H6FIN2/c11-9-5-8(12)6-14-10(9)7-1-3-13-4-2-7/h1-6H. The first kappa shape index (κ1) is 9.51. The zero-order chi connectivity index (χ0) is 9.97. The third kappa shape index (κ3) is 1.89. The molecule has 2 heterocycles. The maximum atomic E-state index is 13.4. The Hall–Kier alpha value is -1.04. The van der Waals surface area contributed by atoms with Crippen LogP contribution in [-0.4, -0.2) is 9.97 Å². The van der Waals surface area contributed by atoms with Crippen LogP contribution in [0.15, 0.2) is 36.8 Å². The van der Waals surface area contributed by atoms with Gasteiger partial charge < -0.3 is 0 Å². The lowest BCUT2D eigenvalue weighted by Crippen LogP contribution is -1.90. The minimum Gasteiger partial charge on any atom is -0.265 e. The van der Waals surface area contributed by atoms with Crippen LogP contribution in [0.4, 0.5) is 4.39 Å². The summed E-state index contributed by atoms with van der Waals surface area (Å²) in [4.78, 5) is 7.90. The summed E-state index contributed by atoms with van der Waals surface area (Å²) in [6, 6.07) is 4.93. The van der Waals surface area contributed by atoms with Crippen molar-refractivity contribution in [3.8, 4) is 11.3 Å². The van der Waals surface area contributed by atoms with E-state index in [0.29, 0.717) is 5.69 Å². The van der Waals surface area contributed by atoms with Crippen molar-refractivity contribution in [3.63, 3.8) is 0 Å². The van der Waals surface area contributed by atoms with Gasteiger partial charge in [-0.3, -0.25) is 9.97 Å². The number of rotatable bonds is 1. The molecule has 0 radical (unpaired) electrons. The molecule has 0 aliphatic carbocycles. The zero-order valence-electron chi connectivity index (χ0n) is 7.11. The van der Waals surface area contributed by atoms with E-state index >= 15 is 0 Å². The summed E-state index contributed by atoms with van der Waals surface area (Å²) in [5.74, 6) is -0.303. The van der Waals surface area contributed by atoms with Gasteiger partial charge in [0.05, 0.1) is 0 Å². The Balaban J connectivity index is 2.53. The van der Waals surface area contributed by atoms with Gasteiger partial charge in [0.15, 0.2) is 5.82 Å². The van der Waals surface area contributed by atoms with Crippen LogP contribution in [0.2, 0.25) is 0 Å². The summed E-state index contributed by atoms with van der Waals surface area (Å²) in [6.07, 6.45) is 4.88. The molecule has 4 heteroatoms. The molecule has 0 saturated heterocycles. The minimum absolute atomic E-state index is 0.303. The third-order valence-corrected chi connectivity index (χ3v) is 2.35. The quantitative estimate of drug-likeness (QED) is 0.757. The molecule has 0 aliphatic heterocycles. The lowest BCUT2D eigenvalue weighted by Gasteiger charge is -2.01. The van der Waals surface area contributed by atoms with E-state index in [2.05, 4.69) is 9.97 Å². The van der Waals surface area contributed by atoms with E-state index in [9.17, 15) is 4.39 Å². The molecule has 0 amide bonds. The van der Waals surface area contributed by atoms with E-state index < -0.39 is 0 Å². The average Bonchev–Trinajstić information content (AvgIpc) is 2.19. The lowest BCUT2D eigenvalue weighted by molar-refractivity contribution is 0.624. The molecule has 0 unspecified atom stereocenters. The van der Waals surface area contributed by atoms with Gasteiger partial charge in [0.1, 0.15) is 5.69 Å². The second-order valence-electron chi connectivity index (χ2n) is 2.72. The molecule has 0 fully saturated rings. The van der Waals surface area contributed by atoms with Gasteiger partial charge in [-0.15, -0.1) is 0 Å². The Morgan fingerprint density at radius 2 is 1.93 bits per heavy atom. The van der Waals surface area contributed by atoms with Gasteiger partial charge in [0.25, 0.3) is 0 Å². The number of aromatic nitrogens is 2. The first-order valence-electron chi connectivity index (χ1n) is 3.99. The van der Waals surface area contributed by atoms with Gasteiger partial charge in [-0.25, -0.2) is 4.39 Å². The largest absolute Gasteiger partial charge is 0.265 e. The molecule has 0 spiro atoms. The van der Waals surface area contributed by atoms with Gasteiger partial charge in [-0.1, -0.05) is 0 Å². The van der Waals surface area contributed by atoms with Crippen molar-refractivity contribution >= 4 is 22.6 Å². The Bertz CT molecular complexity index is 445. The van der Waals surface area contributed by atoms with Gasteiger partial charge in [0.2, 0.25) is 0 Å². The van der Waals surface area contributed by atoms with Crippen molar-refractivity contribution in [1.29, 1.82) is 0 Å². The van der Waals surface area contributed by atoms with Crippen LogP contribution in [-0.2, 0) is 0 Å². The van der Waals surface area contributed by atoms with Crippen LogP contribution in [0.25, 0.3) is 11.3 Å². The SMILES string of the molecule is Fc1cc(I)cnc1-c1ccncc1. The highest BCUT2D eigenvalue weighted by Gasteiger charge is 2.06. The highest BCUT2D eigenvalue weighted by Crippen LogP contribution is 2.20. The number of hydrogen-bond acceptors (Lipinski definition) is 2. The fourth-order valence-corrected chi connectivity index (χ4v) is 1.55. The fourth-order valence-electron chi connectivity index (χ4n) is 1.14. The van der Waals surface area contributed by atoms with Crippen LogP contribution in [0, 0.1) is 9.39 Å². The molecule has 0 aromatic carbocycles. The smallest absolute Gasteiger partial charge is 0.150 e. The second-order valence-corrected chi connectivity index (χ2v) is 3.97. The normalized spacial score (nSPS) is 10.1. The predicted molar refractivity (Wildman–Crippen MR) is 60.1 cm³/mol. The van der Waals surface area contributed by atoms with E-state index in [4.69, 9.17) is 0 Å². The van der Waals surface area contributed by atoms with Crippen LogP contribution < -0.4 is 0 Å². The molecule has 2 rings (SSSR count). The molecule has 2 aromatic heterocycles. The number of nitrogens with zero attached hydrogens (tertiary/aromatic N) is 2. The lowest BCUT2D eigenvalue weighted by atomic mass is 10.2. The molecule has 2 aromatic rings. The van der Waals surface area contributed by atoms with Crippen molar-refractivity contribution in [2.24, 2.45) is 0 Å². The van der Waals surface area contributed by atoms with Crippen LogP contribution in [0.1, 0.15) is 0 Å². The fraction of sp³-hybridized carbons (Fsp3) is 0. The molecule has 0 atom stereocenters. The molecular weight excluding hydrogens is 294 g/mol. The Morgan fingerprint density at radius 3 is 2.57 bits per heavy atom. The van der Waals surface area contributed by atoms with Gasteiger partial charge >= 0.3 is 0 Å². The average molecular weight is 300 g/mol. The molecule has 2 nitrogen and oxygen atoms in total. The zero-order valence-corrected chi connectivity index (χ0v) is 9.27. The van der Waals surface area contributed by atoms with Crippen LogP contribution in [0.3, 0.4) is 0 Å². The molecule has 0 saturated carbocycles. The third-order valence-electron chi connectivity index (χ3n) is 1.76. The van der Waals surface area contributed by atoms with Gasteiger partial charge in [0, 0.05) is 27.7 Å². The van der Waals surface area contributed by atoms with Crippen molar-refractivity contribution in [2.75, 3.05) is 0 Å². The maximum absolute atomic E-state index is 13.4. The second kappa shape index (κ2) is 4.00. The summed E-state index contributed by atoms with van der Waals surface area (Å²) < 4.78 is 14.2.